The Morgan fingerprint density at radius 3 is 2.22 bits per heavy atom. The first-order valence-corrected chi connectivity index (χ1v) is 8.58. The smallest absolute Gasteiger partial charge is 0.203 e. The van der Waals surface area contributed by atoms with Gasteiger partial charge in [0.05, 0.1) is 27.0 Å². The van der Waals surface area contributed by atoms with E-state index < -0.39 is 0 Å². The van der Waals surface area contributed by atoms with Gasteiger partial charge >= 0.3 is 0 Å². The lowest BCUT2D eigenvalue weighted by molar-refractivity contribution is 0.324. The van der Waals surface area contributed by atoms with Gasteiger partial charge in [0.15, 0.2) is 11.5 Å². The predicted octanol–water partition coefficient (Wildman–Crippen LogP) is 4.72. The Labute approximate surface area is 157 Å². The second kappa shape index (κ2) is 7.03. The van der Waals surface area contributed by atoms with E-state index in [1.807, 2.05) is 30.5 Å². The normalized spacial score (nSPS) is 10.8. The molecule has 0 aliphatic carbocycles. The van der Waals surface area contributed by atoms with Crippen molar-refractivity contribution in [3.8, 4) is 34.3 Å². The van der Waals surface area contributed by atoms with Crippen molar-refractivity contribution in [3.63, 3.8) is 0 Å². The van der Waals surface area contributed by atoms with Crippen LogP contribution in [0.25, 0.3) is 27.8 Å². The zero-order valence-corrected chi connectivity index (χ0v) is 15.5. The summed E-state index contributed by atoms with van der Waals surface area (Å²) < 4.78 is 18.5. The molecule has 27 heavy (non-hydrogen) atoms. The van der Waals surface area contributed by atoms with Crippen LogP contribution in [0.2, 0.25) is 0 Å². The van der Waals surface area contributed by atoms with Crippen molar-refractivity contribution in [3.05, 3.63) is 67.0 Å². The number of aromatic nitrogens is 2. The molecule has 0 aliphatic heterocycles. The van der Waals surface area contributed by atoms with Gasteiger partial charge in [0.2, 0.25) is 5.75 Å². The minimum atomic E-state index is 0.562. The van der Waals surface area contributed by atoms with Gasteiger partial charge in [-0.15, -0.1) is 0 Å². The van der Waals surface area contributed by atoms with E-state index in [-0.39, 0.29) is 0 Å². The molecule has 0 amide bonds. The van der Waals surface area contributed by atoms with Crippen molar-refractivity contribution in [2.75, 3.05) is 21.3 Å². The molecule has 0 bridgehead atoms. The number of benzene rings is 3. The second-order valence-electron chi connectivity index (χ2n) is 6.03. The van der Waals surface area contributed by atoms with Crippen LogP contribution >= 0.6 is 0 Å². The SMILES string of the molecule is COc1cc(-c2nccn2-c2cccc3ccccc23)cc(OC)c1OC. The van der Waals surface area contributed by atoms with E-state index in [0.717, 1.165) is 22.5 Å². The Balaban J connectivity index is 1.93. The standard InChI is InChI=1S/C22H20N2O3/c1-25-19-13-16(14-20(26-2)21(19)27-3)22-23-11-12-24(22)18-10-6-8-15-7-4-5-9-17(15)18/h4-14H,1-3H3. The van der Waals surface area contributed by atoms with Crippen LogP contribution in [0.15, 0.2) is 67.0 Å². The molecular weight excluding hydrogens is 340 g/mol. The minimum Gasteiger partial charge on any atom is -0.493 e. The van der Waals surface area contributed by atoms with E-state index in [1.165, 1.54) is 5.39 Å². The first-order valence-electron chi connectivity index (χ1n) is 8.58. The highest BCUT2D eigenvalue weighted by Crippen LogP contribution is 2.41. The van der Waals surface area contributed by atoms with Gasteiger partial charge in [-0.1, -0.05) is 36.4 Å². The zero-order chi connectivity index (χ0) is 18.8. The molecule has 136 valence electrons. The van der Waals surface area contributed by atoms with Crippen molar-refractivity contribution in [2.24, 2.45) is 0 Å². The molecule has 0 saturated heterocycles. The summed E-state index contributed by atoms with van der Waals surface area (Å²) in [5.41, 5.74) is 1.94. The third kappa shape index (κ3) is 2.87. The molecule has 0 aliphatic rings. The van der Waals surface area contributed by atoms with Gasteiger partial charge in [0, 0.05) is 23.3 Å². The van der Waals surface area contributed by atoms with Gasteiger partial charge < -0.3 is 14.2 Å². The van der Waals surface area contributed by atoms with Gasteiger partial charge in [0.25, 0.3) is 0 Å². The van der Waals surface area contributed by atoms with Crippen LogP contribution in [0, 0.1) is 0 Å². The summed E-state index contributed by atoms with van der Waals surface area (Å²) >= 11 is 0. The van der Waals surface area contributed by atoms with Crippen LogP contribution < -0.4 is 14.2 Å². The maximum atomic E-state index is 5.49. The summed E-state index contributed by atoms with van der Waals surface area (Å²) in [6.45, 7) is 0. The lowest BCUT2D eigenvalue weighted by Crippen LogP contribution is -2.00. The van der Waals surface area contributed by atoms with Crippen LogP contribution in [-0.4, -0.2) is 30.9 Å². The van der Waals surface area contributed by atoms with Crippen molar-refractivity contribution in [1.29, 1.82) is 0 Å². The number of methoxy groups -OCH3 is 3. The van der Waals surface area contributed by atoms with Gasteiger partial charge in [0.1, 0.15) is 5.82 Å². The summed E-state index contributed by atoms with van der Waals surface area (Å²) in [6.07, 6.45) is 3.75. The fourth-order valence-electron chi connectivity index (χ4n) is 3.34. The fourth-order valence-corrected chi connectivity index (χ4v) is 3.34. The summed E-state index contributed by atoms with van der Waals surface area (Å²) in [6, 6.07) is 18.4. The summed E-state index contributed by atoms with van der Waals surface area (Å²) in [5, 5.41) is 2.34. The molecule has 0 atom stereocenters. The Bertz CT molecular complexity index is 1070. The molecule has 0 fully saturated rings. The number of rotatable bonds is 5. The quantitative estimate of drug-likeness (QED) is 0.517. The Morgan fingerprint density at radius 2 is 1.52 bits per heavy atom. The van der Waals surface area contributed by atoms with Crippen molar-refractivity contribution >= 4 is 10.8 Å². The lowest BCUT2D eigenvalue weighted by Gasteiger charge is -2.15. The van der Waals surface area contributed by atoms with Crippen LogP contribution in [0.1, 0.15) is 0 Å². The molecule has 4 rings (SSSR count). The number of ether oxygens (including phenoxy) is 3. The maximum Gasteiger partial charge on any atom is 0.203 e. The minimum absolute atomic E-state index is 0.562. The number of fused-ring (bicyclic) bond motifs is 1. The third-order valence-electron chi connectivity index (χ3n) is 4.59. The molecule has 3 aromatic carbocycles. The predicted molar refractivity (Wildman–Crippen MR) is 106 cm³/mol. The molecule has 5 heteroatoms. The van der Waals surface area contributed by atoms with E-state index >= 15 is 0 Å². The van der Waals surface area contributed by atoms with Gasteiger partial charge in [-0.2, -0.15) is 0 Å². The van der Waals surface area contributed by atoms with Gasteiger partial charge in [-0.3, -0.25) is 4.57 Å². The summed E-state index contributed by atoms with van der Waals surface area (Å²) in [5.74, 6) is 2.55. The van der Waals surface area contributed by atoms with E-state index in [1.54, 1.807) is 27.5 Å². The zero-order valence-electron chi connectivity index (χ0n) is 15.5. The highest BCUT2D eigenvalue weighted by Gasteiger charge is 2.17. The molecular formula is C22H20N2O3. The molecule has 4 aromatic rings. The third-order valence-corrected chi connectivity index (χ3v) is 4.59. The number of nitrogens with zero attached hydrogens (tertiary/aromatic N) is 2. The number of hydrogen-bond acceptors (Lipinski definition) is 4. The van der Waals surface area contributed by atoms with E-state index in [2.05, 4.69) is 39.9 Å². The summed E-state index contributed by atoms with van der Waals surface area (Å²) in [4.78, 5) is 4.59. The number of hydrogen-bond donors (Lipinski definition) is 0. The largest absolute Gasteiger partial charge is 0.493 e. The molecule has 0 N–H and O–H groups in total. The van der Waals surface area contributed by atoms with Crippen molar-refractivity contribution in [2.45, 2.75) is 0 Å². The monoisotopic (exact) mass is 360 g/mol. The highest BCUT2D eigenvalue weighted by molar-refractivity contribution is 5.90. The maximum absolute atomic E-state index is 5.49. The van der Waals surface area contributed by atoms with E-state index in [0.29, 0.717) is 17.2 Å². The Kier molecular flexibility index (Phi) is 4.42. The van der Waals surface area contributed by atoms with Crippen LogP contribution in [0.4, 0.5) is 0 Å². The first-order chi connectivity index (χ1) is 13.3. The van der Waals surface area contributed by atoms with Gasteiger partial charge in [-0.05, 0) is 23.6 Å². The fraction of sp³-hybridized carbons (Fsp3) is 0.136. The van der Waals surface area contributed by atoms with Crippen LogP contribution in [0.5, 0.6) is 17.2 Å². The average molecular weight is 360 g/mol. The first kappa shape index (κ1) is 17.0. The molecule has 0 unspecified atom stereocenters. The molecule has 1 aromatic heterocycles. The molecule has 0 spiro atoms. The molecule has 0 radical (unpaired) electrons. The molecule has 5 nitrogen and oxygen atoms in total. The van der Waals surface area contributed by atoms with Crippen molar-refractivity contribution in [1.82, 2.24) is 9.55 Å². The average Bonchev–Trinajstić information content (AvgIpc) is 3.21. The van der Waals surface area contributed by atoms with E-state index in [9.17, 15) is 0 Å². The van der Waals surface area contributed by atoms with Crippen LogP contribution in [0.3, 0.4) is 0 Å². The molecule has 1 heterocycles. The van der Waals surface area contributed by atoms with Crippen LogP contribution in [-0.2, 0) is 0 Å². The summed E-state index contributed by atoms with van der Waals surface area (Å²) in [7, 11) is 4.81. The Morgan fingerprint density at radius 1 is 0.815 bits per heavy atom. The van der Waals surface area contributed by atoms with E-state index in [4.69, 9.17) is 14.2 Å². The lowest BCUT2D eigenvalue weighted by atomic mass is 10.1. The number of imidazole rings is 1. The van der Waals surface area contributed by atoms with Crippen molar-refractivity contribution < 1.29 is 14.2 Å². The Hall–Kier alpha value is -3.47. The molecule has 0 saturated carbocycles. The topological polar surface area (TPSA) is 45.5 Å². The van der Waals surface area contributed by atoms with Gasteiger partial charge in [-0.25, -0.2) is 4.98 Å². The highest BCUT2D eigenvalue weighted by atomic mass is 16.5. The second-order valence-corrected chi connectivity index (χ2v) is 6.03.